The third kappa shape index (κ3) is 4.74. The van der Waals surface area contributed by atoms with Crippen molar-refractivity contribution in [3.05, 3.63) is 72.2 Å². The zero-order valence-electron chi connectivity index (χ0n) is 17.0. The molecule has 0 unspecified atom stereocenters. The maximum Gasteiger partial charge on any atom is 0.119 e. The molecule has 0 radical (unpaired) electrons. The molecule has 1 aliphatic rings. The fraction of sp³-hybridized carbons (Fsp3) is 0.333. The Balaban J connectivity index is 1.47. The number of hydrogen-bond acceptors (Lipinski definition) is 5. The van der Waals surface area contributed by atoms with E-state index >= 15 is 0 Å². The van der Waals surface area contributed by atoms with Crippen molar-refractivity contribution >= 4 is 0 Å². The lowest BCUT2D eigenvalue weighted by Crippen LogP contribution is -2.34. The molecule has 0 bridgehead atoms. The Kier molecular flexibility index (Phi) is 6.06. The van der Waals surface area contributed by atoms with Gasteiger partial charge in [0.25, 0.3) is 0 Å². The number of likely N-dealkylation sites (tertiary alicyclic amines) is 1. The van der Waals surface area contributed by atoms with Gasteiger partial charge in [0.15, 0.2) is 0 Å². The molecule has 5 nitrogen and oxygen atoms in total. The van der Waals surface area contributed by atoms with E-state index in [1.54, 1.807) is 14.2 Å². The summed E-state index contributed by atoms with van der Waals surface area (Å²) in [5, 5.41) is 0. The highest BCUT2D eigenvalue weighted by molar-refractivity contribution is 5.60. The Morgan fingerprint density at radius 2 is 1.83 bits per heavy atom. The number of aromatic nitrogens is 2. The molecule has 5 heteroatoms. The van der Waals surface area contributed by atoms with Crippen molar-refractivity contribution in [3.8, 4) is 22.8 Å². The molecule has 0 aliphatic carbocycles. The highest BCUT2D eigenvalue weighted by Crippen LogP contribution is 2.29. The molecule has 0 saturated carbocycles. The maximum atomic E-state index is 5.35. The van der Waals surface area contributed by atoms with E-state index in [9.17, 15) is 0 Å². The summed E-state index contributed by atoms with van der Waals surface area (Å²) in [5.74, 6) is 2.13. The van der Waals surface area contributed by atoms with Gasteiger partial charge in [-0.1, -0.05) is 24.3 Å². The Bertz CT molecular complexity index is 943. The van der Waals surface area contributed by atoms with Crippen LogP contribution in [0.5, 0.6) is 11.5 Å². The summed E-state index contributed by atoms with van der Waals surface area (Å²) < 4.78 is 10.6. The lowest BCUT2D eigenvalue weighted by atomic mass is 9.94. The molecule has 0 spiro atoms. The first-order valence-electron chi connectivity index (χ1n) is 10.1. The molecule has 2 heterocycles. The van der Waals surface area contributed by atoms with Gasteiger partial charge in [0, 0.05) is 30.8 Å². The van der Waals surface area contributed by atoms with Gasteiger partial charge in [0.1, 0.15) is 11.5 Å². The first-order chi connectivity index (χ1) is 14.2. The van der Waals surface area contributed by atoms with Crippen molar-refractivity contribution in [3.63, 3.8) is 0 Å². The van der Waals surface area contributed by atoms with E-state index in [1.807, 2.05) is 48.8 Å². The molecule has 1 saturated heterocycles. The van der Waals surface area contributed by atoms with Crippen LogP contribution in [-0.4, -0.2) is 42.2 Å². The summed E-state index contributed by atoms with van der Waals surface area (Å²) >= 11 is 0. The Hall–Kier alpha value is -2.92. The lowest BCUT2D eigenvalue weighted by molar-refractivity contribution is 0.198. The zero-order chi connectivity index (χ0) is 20.1. The van der Waals surface area contributed by atoms with Gasteiger partial charge in [0.2, 0.25) is 0 Å². The van der Waals surface area contributed by atoms with Crippen molar-refractivity contribution in [2.75, 3.05) is 27.3 Å². The lowest BCUT2D eigenvalue weighted by Gasteiger charge is -2.32. The van der Waals surface area contributed by atoms with Gasteiger partial charge in [0.05, 0.1) is 31.8 Å². The summed E-state index contributed by atoms with van der Waals surface area (Å²) in [6.07, 6.45) is 6.07. The average molecular weight is 389 g/mol. The number of nitrogens with zero attached hydrogens (tertiary/aromatic N) is 3. The number of ether oxygens (including phenoxy) is 2. The molecule has 0 N–H and O–H groups in total. The van der Waals surface area contributed by atoms with E-state index in [2.05, 4.69) is 22.0 Å². The van der Waals surface area contributed by atoms with Crippen molar-refractivity contribution in [1.82, 2.24) is 14.9 Å². The van der Waals surface area contributed by atoms with Gasteiger partial charge in [-0.15, -0.1) is 0 Å². The van der Waals surface area contributed by atoms with E-state index in [-0.39, 0.29) is 0 Å². The summed E-state index contributed by atoms with van der Waals surface area (Å²) in [6, 6.07) is 16.3. The van der Waals surface area contributed by atoms with Gasteiger partial charge < -0.3 is 9.47 Å². The van der Waals surface area contributed by atoms with Crippen LogP contribution >= 0.6 is 0 Å². The molecule has 1 atom stereocenters. The van der Waals surface area contributed by atoms with Crippen LogP contribution in [0.2, 0.25) is 0 Å². The number of benzene rings is 2. The SMILES string of the molecule is COc1ccc(CN2CCC[C@H](c3cncc(-c4cccc(OC)c4)n3)C2)cc1. The van der Waals surface area contributed by atoms with Crippen LogP contribution < -0.4 is 9.47 Å². The highest BCUT2D eigenvalue weighted by Gasteiger charge is 2.23. The van der Waals surface area contributed by atoms with E-state index in [1.165, 1.54) is 12.0 Å². The molecule has 0 amide bonds. The smallest absolute Gasteiger partial charge is 0.119 e. The molecule has 150 valence electrons. The van der Waals surface area contributed by atoms with Crippen molar-refractivity contribution < 1.29 is 9.47 Å². The van der Waals surface area contributed by atoms with E-state index in [0.29, 0.717) is 5.92 Å². The Labute approximate surface area is 172 Å². The molecular weight excluding hydrogens is 362 g/mol. The minimum Gasteiger partial charge on any atom is -0.497 e. The van der Waals surface area contributed by atoms with Crippen LogP contribution in [-0.2, 0) is 6.54 Å². The van der Waals surface area contributed by atoms with E-state index in [4.69, 9.17) is 14.5 Å². The van der Waals surface area contributed by atoms with Gasteiger partial charge in [-0.3, -0.25) is 9.88 Å². The van der Waals surface area contributed by atoms with Crippen molar-refractivity contribution in [2.45, 2.75) is 25.3 Å². The Morgan fingerprint density at radius 1 is 1.00 bits per heavy atom. The van der Waals surface area contributed by atoms with Gasteiger partial charge in [-0.2, -0.15) is 0 Å². The molecule has 1 aliphatic heterocycles. The number of hydrogen-bond donors (Lipinski definition) is 0. The number of rotatable bonds is 6. The maximum absolute atomic E-state index is 5.35. The largest absolute Gasteiger partial charge is 0.497 e. The molecular formula is C24H27N3O2. The quantitative estimate of drug-likeness (QED) is 0.619. The van der Waals surface area contributed by atoms with Gasteiger partial charge in [-0.25, -0.2) is 4.98 Å². The van der Waals surface area contributed by atoms with E-state index < -0.39 is 0 Å². The first kappa shape index (κ1) is 19.4. The zero-order valence-corrected chi connectivity index (χ0v) is 17.0. The topological polar surface area (TPSA) is 47.5 Å². The number of piperidine rings is 1. The van der Waals surface area contributed by atoms with Gasteiger partial charge >= 0.3 is 0 Å². The van der Waals surface area contributed by atoms with Gasteiger partial charge in [-0.05, 0) is 49.2 Å². The van der Waals surface area contributed by atoms with Crippen LogP contribution in [0.15, 0.2) is 60.9 Å². The van der Waals surface area contributed by atoms with Crippen molar-refractivity contribution in [2.24, 2.45) is 0 Å². The summed E-state index contributed by atoms with van der Waals surface area (Å²) in [5.41, 5.74) is 4.31. The predicted octanol–water partition coefficient (Wildman–Crippen LogP) is 4.54. The van der Waals surface area contributed by atoms with Crippen molar-refractivity contribution in [1.29, 1.82) is 0 Å². The molecule has 2 aromatic carbocycles. The Morgan fingerprint density at radius 3 is 2.62 bits per heavy atom. The fourth-order valence-electron chi connectivity index (χ4n) is 3.93. The first-order valence-corrected chi connectivity index (χ1v) is 10.1. The second-order valence-corrected chi connectivity index (χ2v) is 7.48. The van der Waals surface area contributed by atoms with Crippen LogP contribution in [0.3, 0.4) is 0 Å². The molecule has 29 heavy (non-hydrogen) atoms. The van der Waals surface area contributed by atoms with Crippen LogP contribution in [0, 0.1) is 0 Å². The highest BCUT2D eigenvalue weighted by atomic mass is 16.5. The van der Waals surface area contributed by atoms with E-state index in [0.717, 1.165) is 54.5 Å². The predicted molar refractivity (Wildman–Crippen MR) is 114 cm³/mol. The summed E-state index contributed by atoms with van der Waals surface area (Å²) in [7, 11) is 3.38. The minimum atomic E-state index is 0.403. The third-order valence-corrected chi connectivity index (χ3v) is 5.51. The number of methoxy groups -OCH3 is 2. The van der Waals surface area contributed by atoms with Crippen LogP contribution in [0.25, 0.3) is 11.3 Å². The molecule has 3 aromatic rings. The summed E-state index contributed by atoms with van der Waals surface area (Å²) in [6.45, 7) is 3.07. The fourth-order valence-corrected chi connectivity index (χ4v) is 3.93. The minimum absolute atomic E-state index is 0.403. The van der Waals surface area contributed by atoms with Crippen LogP contribution in [0.4, 0.5) is 0 Å². The normalized spacial score (nSPS) is 17.1. The standard InChI is InChI=1S/C24H27N3O2/c1-28-21-10-8-18(9-11-21)16-27-12-4-6-20(17-27)24-15-25-14-23(26-24)19-5-3-7-22(13-19)29-2/h3,5,7-11,13-15,20H,4,6,12,16-17H2,1-2H3/t20-/m0/s1. The third-order valence-electron chi connectivity index (χ3n) is 5.51. The van der Waals surface area contributed by atoms with Crippen LogP contribution in [0.1, 0.15) is 30.0 Å². The molecule has 1 aromatic heterocycles. The average Bonchev–Trinajstić information content (AvgIpc) is 2.80. The second-order valence-electron chi connectivity index (χ2n) is 7.48. The monoisotopic (exact) mass is 389 g/mol. The molecule has 1 fully saturated rings. The molecule has 4 rings (SSSR count). The second kappa shape index (κ2) is 9.05. The summed E-state index contributed by atoms with van der Waals surface area (Å²) in [4.78, 5) is 11.9.